The molecule has 0 aliphatic carbocycles. The minimum absolute atomic E-state index is 1.16. The summed E-state index contributed by atoms with van der Waals surface area (Å²) in [5.74, 6) is 0. The van der Waals surface area contributed by atoms with Crippen LogP contribution in [0.25, 0.3) is 59.2 Å². The van der Waals surface area contributed by atoms with Crippen molar-refractivity contribution in [3.8, 4) is 0 Å². The van der Waals surface area contributed by atoms with E-state index in [-0.39, 0.29) is 0 Å². The number of hydrogen-bond acceptors (Lipinski definition) is 2. The molecule has 0 atom stereocenters. The van der Waals surface area contributed by atoms with Gasteiger partial charge in [-0.2, -0.15) is 0 Å². The lowest BCUT2D eigenvalue weighted by atomic mass is 9.95. The van der Waals surface area contributed by atoms with Crippen molar-refractivity contribution in [2.75, 3.05) is 0 Å². The Kier molecular flexibility index (Phi) is 3.39. The third-order valence-corrected chi connectivity index (χ3v) is 11.7. The van der Waals surface area contributed by atoms with Gasteiger partial charge < -0.3 is 4.40 Å². The van der Waals surface area contributed by atoms with Crippen LogP contribution in [0.1, 0.15) is 5.56 Å². The first-order valence-electron chi connectivity index (χ1n) is 11.1. The summed E-state index contributed by atoms with van der Waals surface area (Å²) in [7, 11) is 0.544. The van der Waals surface area contributed by atoms with Crippen LogP contribution in [-0.4, -0.2) is 17.5 Å². The minimum atomic E-state index is -1.61. The van der Waals surface area contributed by atoms with Crippen LogP contribution in [0.2, 0.25) is 19.6 Å². The molecule has 7 rings (SSSR count). The topological polar surface area (TPSA) is 21.2 Å². The van der Waals surface area contributed by atoms with E-state index in [1.165, 1.54) is 64.4 Å². The molecule has 0 saturated heterocycles. The molecule has 0 radical (unpaired) electrons. The summed E-state index contributed by atoms with van der Waals surface area (Å²) in [4.78, 5) is 6.06. The van der Waals surface area contributed by atoms with Gasteiger partial charge in [0.15, 0.2) is 5.52 Å². The zero-order valence-corrected chi connectivity index (χ0v) is 20.8. The van der Waals surface area contributed by atoms with Gasteiger partial charge in [0.1, 0.15) is 5.39 Å². The summed E-state index contributed by atoms with van der Waals surface area (Å²) in [6, 6.07) is 17.9. The number of hydrogen-bond donors (Lipinski definition) is 0. The summed E-state index contributed by atoms with van der Waals surface area (Å²) in [5, 5.41) is 8.08. The van der Waals surface area contributed by atoms with Gasteiger partial charge in [-0.15, -0.1) is 0 Å². The maximum Gasteiger partial charge on any atom is 0.288 e. The van der Waals surface area contributed by atoms with Crippen molar-refractivity contribution in [2.24, 2.45) is 7.05 Å². The van der Waals surface area contributed by atoms with Gasteiger partial charge in [0.2, 0.25) is 4.83 Å². The summed E-state index contributed by atoms with van der Waals surface area (Å²) in [6.45, 7) is 9.66. The van der Waals surface area contributed by atoms with Gasteiger partial charge in [-0.05, 0) is 34.3 Å². The van der Waals surface area contributed by atoms with E-state index in [2.05, 4.69) is 91.1 Å². The van der Waals surface area contributed by atoms with Crippen molar-refractivity contribution < 1.29 is 4.57 Å². The summed E-state index contributed by atoms with van der Waals surface area (Å²) in [5.41, 5.74) is 6.71. The molecular weight excluding hydrogens is 426 g/mol. The fourth-order valence-corrected chi connectivity index (χ4v) is 9.06. The molecular formula is C27H24N3SSi+. The second-order valence-corrected chi connectivity index (χ2v) is 16.4. The molecule has 3 aromatic carbocycles. The Morgan fingerprint density at radius 3 is 2.28 bits per heavy atom. The van der Waals surface area contributed by atoms with E-state index in [4.69, 9.17) is 4.98 Å². The van der Waals surface area contributed by atoms with Gasteiger partial charge in [0, 0.05) is 15.3 Å². The van der Waals surface area contributed by atoms with Crippen molar-refractivity contribution >= 4 is 83.1 Å². The zero-order chi connectivity index (χ0) is 21.9. The normalized spacial score (nSPS) is 13.2. The third kappa shape index (κ3) is 2.06. The lowest BCUT2D eigenvalue weighted by Crippen LogP contribution is -2.36. The predicted octanol–water partition coefficient (Wildman–Crippen LogP) is 6.28. The van der Waals surface area contributed by atoms with E-state index in [1.807, 2.05) is 17.7 Å². The Hall–Kier alpha value is -3.02. The molecule has 0 bridgehead atoms. The van der Waals surface area contributed by atoms with Crippen LogP contribution in [0.15, 0.2) is 54.9 Å². The zero-order valence-electron chi connectivity index (χ0n) is 18.9. The van der Waals surface area contributed by atoms with Crippen LogP contribution < -0.4 is 9.07 Å². The lowest BCUT2D eigenvalue weighted by molar-refractivity contribution is -0.646. The Balaban J connectivity index is 2.01. The Morgan fingerprint density at radius 2 is 1.53 bits per heavy atom. The fourth-order valence-electron chi connectivity index (χ4n) is 5.72. The molecule has 0 fully saturated rings. The molecule has 0 spiro atoms. The van der Waals surface area contributed by atoms with Gasteiger partial charge >= 0.3 is 0 Å². The smallest absolute Gasteiger partial charge is 0.288 e. The summed E-state index contributed by atoms with van der Waals surface area (Å²) >= 11 is 1.91. The van der Waals surface area contributed by atoms with Gasteiger partial charge in [0.25, 0.3) is 6.33 Å². The van der Waals surface area contributed by atoms with Crippen LogP contribution in [0.3, 0.4) is 0 Å². The number of benzene rings is 3. The number of thiophene rings is 1. The predicted molar refractivity (Wildman–Crippen MR) is 141 cm³/mol. The number of aromatic nitrogens is 3. The maximum absolute atomic E-state index is 4.90. The molecule has 4 heterocycles. The highest BCUT2D eigenvalue weighted by atomic mass is 32.1. The third-order valence-electron chi connectivity index (χ3n) is 7.03. The molecule has 7 aromatic rings. The highest BCUT2D eigenvalue weighted by Crippen LogP contribution is 2.45. The standard InChI is InChI=1S/C27H24N3SSi/c1-15-16-10-6-7-11-17(16)21-18-12-8-9-13-19(18)30-24(21)20(15)23-22-25(30)27(32(3,4)5)31-26(22)28-14-29(23)2/h6-14H,1-5H3/q+1. The molecule has 5 heteroatoms. The molecule has 0 saturated carbocycles. The van der Waals surface area contributed by atoms with Crippen LogP contribution in [-0.2, 0) is 7.05 Å². The van der Waals surface area contributed by atoms with Crippen molar-refractivity contribution in [1.29, 1.82) is 0 Å². The molecule has 0 aliphatic heterocycles. The Labute approximate surface area is 190 Å². The first-order chi connectivity index (χ1) is 15.4. The van der Waals surface area contributed by atoms with E-state index in [1.54, 1.807) is 0 Å². The monoisotopic (exact) mass is 450 g/mol. The Morgan fingerprint density at radius 1 is 0.844 bits per heavy atom. The van der Waals surface area contributed by atoms with Gasteiger partial charge in [-0.25, -0.2) is 4.57 Å². The molecule has 156 valence electrons. The largest absolute Gasteiger partial charge is 0.307 e. The highest BCUT2D eigenvalue weighted by Gasteiger charge is 2.32. The van der Waals surface area contributed by atoms with E-state index < -0.39 is 8.07 Å². The molecule has 0 amide bonds. The van der Waals surface area contributed by atoms with Gasteiger partial charge in [-0.3, -0.25) is 0 Å². The Bertz CT molecular complexity index is 1890. The van der Waals surface area contributed by atoms with Crippen molar-refractivity contribution in [3.05, 3.63) is 60.4 Å². The minimum Gasteiger partial charge on any atom is -0.307 e. The van der Waals surface area contributed by atoms with Crippen LogP contribution >= 0.6 is 11.3 Å². The van der Waals surface area contributed by atoms with E-state index >= 15 is 0 Å². The molecule has 0 unspecified atom stereocenters. The average molecular weight is 451 g/mol. The van der Waals surface area contributed by atoms with E-state index in [0.29, 0.717) is 0 Å². The number of para-hydroxylation sites is 1. The summed E-state index contributed by atoms with van der Waals surface area (Å²) in [6.07, 6.45) is 2.00. The number of nitrogens with zero attached hydrogens (tertiary/aromatic N) is 3. The average Bonchev–Trinajstić information content (AvgIpc) is 3.32. The second kappa shape index (κ2) is 5.85. The summed E-state index contributed by atoms with van der Waals surface area (Å²) < 4.78 is 6.36. The van der Waals surface area contributed by atoms with Crippen LogP contribution in [0.4, 0.5) is 0 Å². The van der Waals surface area contributed by atoms with Crippen molar-refractivity contribution in [1.82, 2.24) is 9.38 Å². The van der Waals surface area contributed by atoms with E-state index in [0.717, 1.165) is 4.83 Å². The second-order valence-electron chi connectivity index (χ2n) is 10.0. The molecule has 0 N–H and O–H groups in total. The lowest BCUT2D eigenvalue weighted by Gasteiger charge is -2.17. The molecule has 3 nitrogen and oxygen atoms in total. The SMILES string of the molecule is Cc1c2ccccc2c2c3ccccc3n3c4c([Si](C)(C)C)sc5nc[n+](C)c(c1c23)c54. The number of fused-ring (bicyclic) bond motifs is 7. The highest BCUT2D eigenvalue weighted by molar-refractivity contribution is 7.32. The van der Waals surface area contributed by atoms with Crippen molar-refractivity contribution in [2.45, 2.75) is 26.6 Å². The number of aryl methyl sites for hydroxylation is 2. The number of pyridine rings is 1. The van der Waals surface area contributed by atoms with Gasteiger partial charge in [0.05, 0.1) is 37.1 Å². The van der Waals surface area contributed by atoms with Crippen LogP contribution in [0, 0.1) is 6.92 Å². The fraction of sp³-hybridized carbons (Fsp3) is 0.185. The first-order valence-corrected chi connectivity index (χ1v) is 15.5. The quantitative estimate of drug-likeness (QED) is 0.125. The van der Waals surface area contributed by atoms with Gasteiger partial charge in [-0.1, -0.05) is 73.4 Å². The van der Waals surface area contributed by atoms with Crippen molar-refractivity contribution in [3.63, 3.8) is 0 Å². The molecule has 4 aromatic heterocycles. The van der Waals surface area contributed by atoms with Crippen LogP contribution in [0.5, 0.6) is 0 Å². The number of rotatable bonds is 1. The molecule has 0 aliphatic rings. The first kappa shape index (κ1) is 18.5. The molecule has 32 heavy (non-hydrogen) atoms. The van der Waals surface area contributed by atoms with E-state index in [9.17, 15) is 0 Å². The maximum atomic E-state index is 4.90.